The maximum atomic E-state index is 14.5. The van der Waals surface area contributed by atoms with Crippen LogP contribution in [0.3, 0.4) is 0 Å². The van der Waals surface area contributed by atoms with E-state index in [1.54, 1.807) is 4.74 Å². The van der Waals surface area contributed by atoms with Gasteiger partial charge in [-0.25, -0.2) is 4.79 Å². The number of carbonyl (C=O) groups is 1. The normalized spacial score (nSPS) is 17.3. The van der Waals surface area contributed by atoms with Crippen LogP contribution in [0.2, 0.25) is 0 Å². The third-order valence-electron chi connectivity index (χ3n) is 4.14. The molecule has 0 fully saturated rings. The van der Waals surface area contributed by atoms with E-state index >= 15 is 0 Å². The van der Waals surface area contributed by atoms with Crippen LogP contribution in [0.4, 0.5) is 80.3 Å². The summed E-state index contributed by atoms with van der Waals surface area (Å²) in [5.74, 6) is -28.4. The van der Waals surface area contributed by atoms with E-state index < -0.39 is 80.0 Å². The minimum absolute atomic E-state index is 0.0245. The van der Waals surface area contributed by atoms with Crippen molar-refractivity contribution in [2.45, 2.75) is 53.3 Å². The third kappa shape index (κ3) is 6.40. The molecule has 0 aliphatic rings. The third-order valence-corrected chi connectivity index (χ3v) is 5.40. The first kappa shape index (κ1) is 36.8. The van der Waals surface area contributed by atoms with Crippen LogP contribution >= 0.6 is 0 Å². The molecule has 0 saturated carbocycles. The Morgan fingerprint density at radius 2 is 1.14 bits per heavy atom. The monoisotopic (exact) mass is 681 g/mol. The molecule has 0 radical (unpaired) electrons. The molecule has 0 aromatic heterocycles. The Morgan fingerprint density at radius 3 is 1.52 bits per heavy atom. The predicted molar refractivity (Wildman–Crippen MR) is 89.2 cm³/mol. The molecule has 0 N–H and O–H groups in total. The molecule has 2 unspecified atom stereocenters. The molecule has 1 aromatic rings. The van der Waals surface area contributed by atoms with Gasteiger partial charge in [-0.15, -0.1) is 0 Å². The maximum Gasteiger partial charge on any atom is 0.462 e. The van der Waals surface area contributed by atoms with Crippen LogP contribution in [-0.2, 0) is 28.6 Å². The number of nitrogens with zero attached hydrogens (tertiary/aromatic N) is 1. The molecular formula is C15H4F17NO8S. The van der Waals surface area contributed by atoms with E-state index in [0.29, 0.717) is 12.1 Å². The van der Waals surface area contributed by atoms with Crippen LogP contribution in [0, 0.1) is 10.1 Å². The van der Waals surface area contributed by atoms with Crippen molar-refractivity contribution in [3.8, 4) is 0 Å². The lowest BCUT2D eigenvalue weighted by Crippen LogP contribution is -2.68. The average molecular weight is 681 g/mol. The van der Waals surface area contributed by atoms with Crippen LogP contribution in [0.1, 0.15) is 0 Å². The Morgan fingerprint density at radius 1 is 0.690 bits per heavy atom. The van der Waals surface area contributed by atoms with Gasteiger partial charge in [-0.3, -0.25) is 19.6 Å². The van der Waals surface area contributed by atoms with Crippen molar-refractivity contribution in [1.29, 1.82) is 0 Å². The number of carbonyl (C=O) groups excluding carboxylic acids is 1. The number of benzene rings is 1. The van der Waals surface area contributed by atoms with Gasteiger partial charge in [0, 0.05) is 6.07 Å². The Bertz CT molecular complexity index is 1310. The van der Waals surface area contributed by atoms with Gasteiger partial charge in [0.1, 0.15) is 0 Å². The Balaban J connectivity index is 3.75. The molecule has 9 nitrogen and oxygen atoms in total. The fraction of sp³-hybridized carbons (Fsp3) is 0.533. The highest BCUT2D eigenvalue weighted by atomic mass is 32.2. The number of hydrogen-bond donors (Lipinski definition) is 0. The zero-order chi connectivity index (χ0) is 33.8. The van der Waals surface area contributed by atoms with Crippen molar-refractivity contribution in [2.24, 2.45) is 0 Å². The largest absolute Gasteiger partial charge is 0.462 e. The predicted octanol–water partition coefficient (Wildman–Crippen LogP) is 5.70. The summed E-state index contributed by atoms with van der Waals surface area (Å²) in [5, 5.41) is 10.8. The van der Waals surface area contributed by atoms with E-state index in [4.69, 9.17) is 0 Å². The molecule has 242 valence electrons. The highest BCUT2D eigenvalue weighted by molar-refractivity contribution is 7.87. The van der Waals surface area contributed by atoms with Crippen molar-refractivity contribution in [1.82, 2.24) is 0 Å². The molecule has 1 aromatic carbocycles. The van der Waals surface area contributed by atoms with Crippen molar-refractivity contribution in [3.63, 3.8) is 0 Å². The highest BCUT2D eigenvalue weighted by Gasteiger charge is 2.86. The van der Waals surface area contributed by atoms with Gasteiger partial charge in [-0.1, -0.05) is 12.1 Å². The smallest absolute Gasteiger partial charge is 0.336 e. The highest BCUT2D eigenvalue weighted by Crippen LogP contribution is 2.56. The van der Waals surface area contributed by atoms with Gasteiger partial charge in [-0.2, -0.15) is 83.1 Å². The maximum absolute atomic E-state index is 14.5. The second kappa shape index (κ2) is 10.5. The van der Waals surface area contributed by atoms with E-state index in [9.17, 15) is 98.0 Å². The van der Waals surface area contributed by atoms with Crippen molar-refractivity contribution < 1.29 is 106 Å². The zero-order valence-corrected chi connectivity index (χ0v) is 19.2. The summed E-state index contributed by atoms with van der Waals surface area (Å²) in [7, 11) is -6.51. The van der Waals surface area contributed by atoms with Gasteiger partial charge in [0.2, 0.25) is 0 Å². The van der Waals surface area contributed by atoms with Gasteiger partial charge >= 0.3 is 64.5 Å². The molecule has 0 heterocycles. The molecule has 0 aliphatic carbocycles. The van der Waals surface area contributed by atoms with E-state index in [-0.39, 0.29) is 12.1 Å². The SMILES string of the molecule is O=C(OS(=O)(=O)c1ccccc1[N+](=O)[O-])C(F)(OC(F)(F)C(F)(OC(F)(F)C(F)(F)C(F)(F)F)C(F)(F)F)C(F)(F)F. The van der Waals surface area contributed by atoms with E-state index in [1.165, 1.54) is 4.74 Å². The molecule has 2 atom stereocenters. The van der Waals surface area contributed by atoms with Gasteiger partial charge in [0.05, 0.1) is 4.92 Å². The van der Waals surface area contributed by atoms with Gasteiger partial charge in [0.15, 0.2) is 4.90 Å². The molecule has 0 saturated heterocycles. The number of para-hydroxylation sites is 1. The minimum Gasteiger partial charge on any atom is -0.336 e. The van der Waals surface area contributed by atoms with Gasteiger partial charge < -0.3 is 4.18 Å². The van der Waals surface area contributed by atoms with Gasteiger partial charge in [-0.05, 0) is 6.07 Å². The Labute approximate surface area is 217 Å². The van der Waals surface area contributed by atoms with E-state index in [0.717, 1.165) is 0 Å². The molecule has 0 aliphatic heterocycles. The number of hydrogen-bond acceptors (Lipinski definition) is 8. The summed E-state index contributed by atoms with van der Waals surface area (Å²) in [6.45, 7) is 0. The lowest BCUT2D eigenvalue weighted by molar-refractivity contribution is -0.548. The first-order valence-electron chi connectivity index (χ1n) is 9.06. The van der Waals surface area contributed by atoms with Gasteiger partial charge in [0.25, 0.3) is 5.69 Å². The molecule has 0 spiro atoms. The average Bonchev–Trinajstić information content (AvgIpc) is 2.75. The number of nitro benzene ring substituents is 1. The zero-order valence-electron chi connectivity index (χ0n) is 18.4. The van der Waals surface area contributed by atoms with Crippen molar-refractivity contribution in [2.75, 3.05) is 0 Å². The summed E-state index contributed by atoms with van der Waals surface area (Å²) in [6.07, 6.45) is -39.9. The Hall–Kier alpha value is -3.23. The summed E-state index contributed by atoms with van der Waals surface area (Å²) >= 11 is 0. The molecule has 27 heteroatoms. The number of rotatable bonds is 10. The first-order valence-corrected chi connectivity index (χ1v) is 10.5. The summed E-state index contributed by atoms with van der Waals surface area (Å²) in [6, 6.07) is 1.39. The first-order chi connectivity index (χ1) is 18.2. The standard InChI is InChI=1S/C15H4F17NO8S/c16-8(11(20,21)22,7(34)39-42(37,38)6-4-2-1-3-5(6)33(35)36)40-15(31,32)10(19,13(26,27)28)41-14(29,30)9(17,18)12(23,24)25/h1-4H. The van der Waals surface area contributed by atoms with Crippen LogP contribution in [0.15, 0.2) is 29.2 Å². The lowest BCUT2D eigenvalue weighted by Gasteiger charge is -2.39. The number of halogens is 17. The molecule has 42 heavy (non-hydrogen) atoms. The second-order valence-corrected chi connectivity index (χ2v) is 8.56. The quantitative estimate of drug-likeness (QED) is 0.134. The van der Waals surface area contributed by atoms with E-state index in [1.807, 2.05) is 0 Å². The fourth-order valence-electron chi connectivity index (χ4n) is 2.16. The molecular weight excluding hydrogens is 677 g/mol. The summed E-state index contributed by atoms with van der Waals surface area (Å²) in [4.78, 5) is 18.8. The molecule has 0 amide bonds. The second-order valence-electron chi connectivity index (χ2n) is 7.05. The van der Waals surface area contributed by atoms with Crippen molar-refractivity contribution in [3.05, 3.63) is 34.4 Å². The molecule has 0 bridgehead atoms. The van der Waals surface area contributed by atoms with E-state index in [2.05, 4.69) is 4.18 Å². The van der Waals surface area contributed by atoms with Crippen LogP contribution in [0.5, 0.6) is 0 Å². The number of alkyl halides is 17. The van der Waals surface area contributed by atoms with Crippen LogP contribution in [0.25, 0.3) is 0 Å². The van der Waals surface area contributed by atoms with Crippen LogP contribution in [-0.4, -0.2) is 67.7 Å². The van der Waals surface area contributed by atoms with Crippen LogP contribution < -0.4 is 0 Å². The minimum atomic E-state index is -8.34. The Kier molecular flexibility index (Phi) is 9.19. The summed E-state index contributed by atoms with van der Waals surface area (Å²) < 4.78 is 253. The fourth-order valence-corrected chi connectivity index (χ4v) is 3.20. The molecule has 1 rings (SSSR count). The topological polar surface area (TPSA) is 122 Å². The number of nitro groups is 1. The lowest BCUT2D eigenvalue weighted by atomic mass is 10.2. The van der Waals surface area contributed by atoms with Crippen molar-refractivity contribution >= 4 is 21.8 Å². The number of ether oxygens (including phenoxy) is 2. The summed E-state index contributed by atoms with van der Waals surface area (Å²) in [5.41, 5.74) is -1.70.